The zero-order valence-electron chi connectivity index (χ0n) is 11.3. The smallest absolute Gasteiger partial charge is 0.0912 e. The Labute approximate surface area is 105 Å². The predicted molar refractivity (Wildman–Crippen MR) is 72.4 cm³/mol. The van der Waals surface area contributed by atoms with Gasteiger partial charge in [0.15, 0.2) is 0 Å². The largest absolute Gasteiger partial charge is 0.388 e. The van der Waals surface area contributed by atoms with Crippen molar-refractivity contribution in [2.75, 3.05) is 0 Å². The first-order valence-electron chi connectivity index (χ1n) is 6.00. The second-order valence-corrected chi connectivity index (χ2v) is 4.64. The Kier molecular flexibility index (Phi) is 8.09. The SMILES string of the molecule is CC(C)=CCC/C(C)=C/CC(O)/C(C)=C\C#N. The summed E-state index contributed by atoms with van der Waals surface area (Å²) in [5.74, 6) is 0. The lowest BCUT2D eigenvalue weighted by Gasteiger charge is -2.08. The third-order valence-corrected chi connectivity index (χ3v) is 2.60. The molecule has 0 fully saturated rings. The molecule has 94 valence electrons. The van der Waals surface area contributed by atoms with E-state index < -0.39 is 6.10 Å². The average Bonchev–Trinajstić information content (AvgIpc) is 2.25. The minimum Gasteiger partial charge on any atom is -0.388 e. The van der Waals surface area contributed by atoms with Crippen LogP contribution < -0.4 is 0 Å². The van der Waals surface area contributed by atoms with Crippen molar-refractivity contribution in [1.29, 1.82) is 5.26 Å². The van der Waals surface area contributed by atoms with Crippen molar-refractivity contribution in [3.63, 3.8) is 0 Å². The fourth-order valence-electron chi connectivity index (χ4n) is 1.39. The second-order valence-electron chi connectivity index (χ2n) is 4.64. The second kappa shape index (κ2) is 8.78. The van der Waals surface area contributed by atoms with Gasteiger partial charge in [-0.1, -0.05) is 23.3 Å². The number of aliphatic hydroxyl groups is 1. The summed E-state index contributed by atoms with van der Waals surface area (Å²) in [7, 11) is 0. The maximum absolute atomic E-state index is 9.74. The zero-order chi connectivity index (χ0) is 13.3. The normalized spacial score (nSPS) is 14.1. The van der Waals surface area contributed by atoms with E-state index in [1.165, 1.54) is 17.2 Å². The summed E-state index contributed by atoms with van der Waals surface area (Å²) in [6.07, 6.45) is 7.80. The molecular formula is C15H23NO. The molecule has 0 saturated heterocycles. The van der Waals surface area contributed by atoms with E-state index in [4.69, 9.17) is 5.26 Å². The van der Waals surface area contributed by atoms with E-state index in [1.54, 1.807) is 6.92 Å². The summed E-state index contributed by atoms with van der Waals surface area (Å²) < 4.78 is 0. The highest BCUT2D eigenvalue weighted by molar-refractivity contribution is 5.16. The number of rotatable bonds is 6. The molecule has 0 bridgehead atoms. The van der Waals surface area contributed by atoms with E-state index in [-0.39, 0.29) is 0 Å². The van der Waals surface area contributed by atoms with Crippen LogP contribution in [-0.2, 0) is 0 Å². The Hall–Kier alpha value is -1.33. The molecule has 1 unspecified atom stereocenters. The molecule has 0 aliphatic rings. The summed E-state index contributed by atoms with van der Waals surface area (Å²) in [5, 5.41) is 18.2. The highest BCUT2D eigenvalue weighted by Gasteiger charge is 2.03. The van der Waals surface area contributed by atoms with Gasteiger partial charge in [-0.05, 0) is 52.5 Å². The van der Waals surface area contributed by atoms with Crippen molar-refractivity contribution in [1.82, 2.24) is 0 Å². The number of hydrogen-bond acceptors (Lipinski definition) is 2. The lowest BCUT2D eigenvalue weighted by molar-refractivity contribution is 0.214. The van der Waals surface area contributed by atoms with E-state index >= 15 is 0 Å². The Bertz CT molecular complexity index is 352. The van der Waals surface area contributed by atoms with Crippen LogP contribution in [0.1, 0.15) is 47.0 Å². The van der Waals surface area contributed by atoms with Crippen LogP contribution in [0.2, 0.25) is 0 Å². The zero-order valence-corrected chi connectivity index (χ0v) is 11.3. The van der Waals surface area contributed by atoms with Gasteiger partial charge in [0.25, 0.3) is 0 Å². The Morgan fingerprint density at radius 2 is 1.88 bits per heavy atom. The summed E-state index contributed by atoms with van der Waals surface area (Å²) in [6.45, 7) is 8.05. The van der Waals surface area contributed by atoms with Crippen molar-refractivity contribution >= 4 is 0 Å². The van der Waals surface area contributed by atoms with E-state index in [9.17, 15) is 5.11 Å². The molecule has 0 rings (SSSR count). The molecule has 0 aliphatic heterocycles. The maximum atomic E-state index is 9.74. The number of allylic oxidation sites excluding steroid dienone is 4. The first kappa shape index (κ1) is 15.7. The van der Waals surface area contributed by atoms with Crippen LogP contribution in [0.3, 0.4) is 0 Å². The topological polar surface area (TPSA) is 44.0 Å². The fourth-order valence-corrected chi connectivity index (χ4v) is 1.39. The van der Waals surface area contributed by atoms with E-state index in [1.807, 2.05) is 6.07 Å². The number of nitrogens with zero attached hydrogens (tertiary/aromatic N) is 1. The van der Waals surface area contributed by atoms with E-state index in [2.05, 4.69) is 32.9 Å². The molecule has 0 aliphatic carbocycles. The summed E-state index contributed by atoms with van der Waals surface area (Å²) in [5.41, 5.74) is 3.35. The molecule has 0 amide bonds. The van der Waals surface area contributed by atoms with Crippen LogP contribution in [0.15, 0.2) is 34.9 Å². The first-order chi connectivity index (χ1) is 7.97. The Morgan fingerprint density at radius 1 is 1.24 bits per heavy atom. The number of nitriles is 1. The Balaban J connectivity index is 4.11. The molecule has 1 atom stereocenters. The molecule has 0 saturated carbocycles. The quantitative estimate of drug-likeness (QED) is 0.558. The lowest BCUT2D eigenvalue weighted by Crippen LogP contribution is -2.06. The van der Waals surface area contributed by atoms with Gasteiger partial charge in [-0.15, -0.1) is 0 Å². The molecule has 0 aromatic rings. The number of hydrogen-bond donors (Lipinski definition) is 1. The van der Waals surface area contributed by atoms with Crippen molar-refractivity contribution in [3.8, 4) is 6.07 Å². The average molecular weight is 233 g/mol. The fraction of sp³-hybridized carbons (Fsp3) is 0.533. The molecule has 0 radical (unpaired) electrons. The van der Waals surface area contributed by atoms with Crippen LogP contribution in [0.4, 0.5) is 0 Å². The minimum atomic E-state index is -0.534. The van der Waals surface area contributed by atoms with Gasteiger partial charge in [0, 0.05) is 6.08 Å². The van der Waals surface area contributed by atoms with Gasteiger partial charge in [0.2, 0.25) is 0 Å². The molecule has 2 nitrogen and oxygen atoms in total. The number of aliphatic hydroxyl groups excluding tert-OH is 1. The van der Waals surface area contributed by atoms with Crippen molar-refractivity contribution < 1.29 is 5.11 Å². The van der Waals surface area contributed by atoms with Gasteiger partial charge < -0.3 is 5.11 Å². The lowest BCUT2D eigenvalue weighted by atomic mass is 10.0. The molecule has 0 aromatic heterocycles. The van der Waals surface area contributed by atoms with Crippen molar-refractivity contribution in [2.45, 2.75) is 53.1 Å². The van der Waals surface area contributed by atoms with Crippen LogP contribution >= 0.6 is 0 Å². The molecule has 2 heteroatoms. The third kappa shape index (κ3) is 8.47. The molecule has 0 aromatic carbocycles. The first-order valence-corrected chi connectivity index (χ1v) is 6.00. The summed E-state index contributed by atoms with van der Waals surface area (Å²) in [4.78, 5) is 0. The standard InChI is InChI=1S/C15H23NO/c1-12(2)6-5-7-13(3)8-9-15(17)14(4)10-11-16/h6,8,10,15,17H,5,7,9H2,1-4H3/b13-8+,14-10-. The third-order valence-electron chi connectivity index (χ3n) is 2.60. The molecule has 0 spiro atoms. The Morgan fingerprint density at radius 3 is 2.41 bits per heavy atom. The van der Waals surface area contributed by atoms with Gasteiger partial charge in [-0.25, -0.2) is 0 Å². The predicted octanol–water partition coefficient (Wildman–Crippen LogP) is 3.90. The highest BCUT2D eigenvalue weighted by atomic mass is 16.3. The van der Waals surface area contributed by atoms with Crippen molar-refractivity contribution in [3.05, 3.63) is 34.9 Å². The monoisotopic (exact) mass is 233 g/mol. The summed E-state index contributed by atoms with van der Waals surface area (Å²) >= 11 is 0. The van der Waals surface area contributed by atoms with E-state index in [0.717, 1.165) is 18.4 Å². The summed E-state index contributed by atoms with van der Waals surface area (Å²) in [6, 6.07) is 1.93. The van der Waals surface area contributed by atoms with Gasteiger partial charge in [0.1, 0.15) is 0 Å². The highest BCUT2D eigenvalue weighted by Crippen LogP contribution is 2.11. The van der Waals surface area contributed by atoms with Crippen LogP contribution in [0, 0.1) is 11.3 Å². The maximum Gasteiger partial charge on any atom is 0.0912 e. The molecular weight excluding hydrogens is 210 g/mol. The van der Waals surface area contributed by atoms with Gasteiger partial charge >= 0.3 is 0 Å². The van der Waals surface area contributed by atoms with Gasteiger partial charge in [-0.3, -0.25) is 0 Å². The van der Waals surface area contributed by atoms with Gasteiger partial charge in [0.05, 0.1) is 12.2 Å². The molecule has 0 heterocycles. The van der Waals surface area contributed by atoms with E-state index in [0.29, 0.717) is 6.42 Å². The molecule has 17 heavy (non-hydrogen) atoms. The van der Waals surface area contributed by atoms with Gasteiger partial charge in [-0.2, -0.15) is 5.26 Å². The van der Waals surface area contributed by atoms with Crippen LogP contribution in [0.5, 0.6) is 0 Å². The van der Waals surface area contributed by atoms with Crippen LogP contribution in [0.25, 0.3) is 0 Å². The van der Waals surface area contributed by atoms with Crippen LogP contribution in [-0.4, -0.2) is 11.2 Å². The minimum absolute atomic E-state index is 0.534. The molecule has 1 N–H and O–H groups in total. The van der Waals surface area contributed by atoms with Crippen molar-refractivity contribution in [2.24, 2.45) is 0 Å².